The van der Waals surface area contributed by atoms with Crippen LogP contribution in [0.1, 0.15) is 5.56 Å². The van der Waals surface area contributed by atoms with Crippen molar-refractivity contribution in [2.24, 2.45) is 10.7 Å². The molecule has 1 heterocycles. The van der Waals surface area contributed by atoms with Crippen LogP contribution in [0, 0.1) is 5.82 Å². The van der Waals surface area contributed by atoms with Gasteiger partial charge in [0.2, 0.25) is 0 Å². The molecule has 3 rings (SSSR count). The second-order valence-corrected chi connectivity index (χ2v) is 5.95. The summed E-state index contributed by atoms with van der Waals surface area (Å²) >= 11 is 0. The number of pyridine rings is 1. The number of nitrogens with one attached hydrogen (secondary N) is 1. The highest BCUT2D eigenvalue weighted by Gasteiger charge is 2.07. The Hall–Kier alpha value is -3.08. The van der Waals surface area contributed by atoms with Crippen molar-refractivity contribution in [2.75, 3.05) is 19.5 Å². The highest BCUT2D eigenvalue weighted by Crippen LogP contribution is 2.29. The molecule has 0 saturated carbocycles. The van der Waals surface area contributed by atoms with Crippen LogP contribution in [0.25, 0.3) is 0 Å². The smallest absolute Gasteiger partial charge is 0.193 e. The number of benzene rings is 2. The van der Waals surface area contributed by atoms with E-state index in [4.69, 9.17) is 19.9 Å². The van der Waals surface area contributed by atoms with Gasteiger partial charge in [0.15, 0.2) is 29.0 Å². The van der Waals surface area contributed by atoms with Crippen molar-refractivity contribution in [1.29, 1.82) is 0 Å². The van der Waals surface area contributed by atoms with Crippen LogP contribution in [0.5, 0.6) is 23.0 Å². The maximum Gasteiger partial charge on any atom is 0.193 e. The Kier molecular flexibility index (Phi) is 8.66. The molecule has 0 radical (unpaired) electrons. The molecule has 3 aromatic rings. The first kappa shape index (κ1) is 23.2. The van der Waals surface area contributed by atoms with Crippen LogP contribution < -0.4 is 25.3 Å². The van der Waals surface area contributed by atoms with Gasteiger partial charge in [-0.05, 0) is 42.0 Å². The fourth-order valence-corrected chi connectivity index (χ4v) is 2.54. The van der Waals surface area contributed by atoms with Gasteiger partial charge in [-0.25, -0.2) is 9.38 Å². The van der Waals surface area contributed by atoms with Gasteiger partial charge < -0.3 is 25.3 Å². The first-order valence-electron chi connectivity index (χ1n) is 8.74. The number of anilines is 1. The zero-order valence-corrected chi connectivity index (χ0v) is 18.8. The third-order valence-corrected chi connectivity index (χ3v) is 3.95. The van der Waals surface area contributed by atoms with E-state index in [0.717, 1.165) is 0 Å². The lowest BCUT2D eigenvalue weighted by Crippen LogP contribution is -2.22. The molecule has 1 aromatic heterocycles. The van der Waals surface area contributed by atoms with E-state index in [1.165, 1.54) is 12.3 Å². The lowest BCUT2D eigenvalue weighted by molar-refractivity contribution is 0.355. The van der Waals surface area contributed by atoms with E-state index < -0.39 is 5.82 Å². The van der Waals surface area contributed by atoms with Crippen molar-refractivity contribution in [3.63, 3.8) is 0 Å². The molecule has 0 saturated heterocycles. The van der Waals surface area contributed by atoms with Crippen LogP contribution in [0.3, 0.4) is 0 Å². The summed E-state index contributed by atoms with van der Waals surface area (Å²) in [5, 5.41) is 2.96. The summed E-state index contributed by atoms with van der Waals surface area (Å²) in [6, 6.07) is 13.3. The summed E-state index contributed by atoms with van der Waals surface area (Å²) in [5.41, 5.74) is 7.27. The Bertz CT molecular complexity index is 1000. The van der Waals surface area contributed by atoms with E-state index in [2.05, 4.69) is 15.3 Å². The van der Waals surface area contributed by atoms with Crippen LogP contribution >= 0.6 is 24.0 Å². The second kappa shape index (κ2) is 11.2. The van der Waals surface area contributed by atoms with Crippen molar-refractivity contribution in [3.8, 4) is 23.0 Å². The molecule has 0 aliphatic rings. The molecule has 2 aromatic carbocycles. The van der Waals surface area contributed by atoms with Crippen LogP contribution in [-0.2, 0) is 6.54 Å². The third-order valence-electron chi connectivity index (χ3n) is 3.95. The number of ether oxygens (including phenoxy) is 3. The molecule has 9 heteroatoms. The molecule has 0 atom stereocenters. The molecule has 0 aliphatic carbocycles. The van der Waals surface area contributed by atoms with E-state index in [1.807, 2.05) is 0 Å². The number of hydrogen-bond donors (Lipinski definition) is 2. The van der Waals surface area contributed by atoms with E-state index in [1.54, 1.807) is 62.9 Å². The van der Waals surface area contributed by atoms with Gasteiger partial charge in [-0.2, -0.15) is 0 Å². The predicted octanol–water partition coefficient (Wildman–Crippen LogP) is 4.58. The Morgan fingerprint density at radius 1 is 1.07 bits per heavy atom. The number of nitrogens with two attached hydrogens (primary N) is 1. The van der Waals surface area contributed by atoms with E-state index in [0.29, 0.717) is 28.5 Å². The topological polar surface area (TPSA) is 91.0 Å². The Morgan fingerprint density at radius 2 is 1.83 bits per heavy atom. The number of hydrogen-bond acceptors (Lipinski definition) is 5. The lowest BCUT2D eigenvalue weighted by atomic mass is 10.2. The summed E-state index contributed by atoms with van der Waals surface area (Å²) < 4.78 is 30.2. The molecule has 0 spiro atoms. The van der Waals surface area contributed by atoms with Gasteiger partial charge in [-0.15, -0.1) is 24.0 Å². The van der Waals surface area contributed by atoms with Gasteiger partial charge in [0, 0.05) is 18.0 Å². The first-order chi connectivity index (χ1) is 14.1. The van der Waals surface area contributed by atoms with Crippen molar-refractivity contribution >= 4 is 35.6 Å². The number of methoxy groups -OCH3 is 2. The molecule has 0 bridgehead atoms. The van der Waals surface area contributed by atoms with Crippen LogP contribution in [0.15, 0.2) is 65.9 Å². The summed E-state index contributed by atoms with van der Waals surface area (Å²) in [6.45, 7) is 0.205. The minimum atomic E-state index is -0.493. The SMILES string of the molecule is COc1ccc(NC(N)=NCc2ccc(Oc3cccnc3)c(F)c2)cc1OC.I. The Labute approximate surface area is 191 Å². The van der Waals surface area contributed by atoms with Crippen molar-refractivity contribution in [1.82, 2.24) is 4.98 Å². The zero-order valence-electron chi connectivity index (χ0n) is 16.5. The molecular weight excluding hydrogens is 502 g/mol. The van der Waals surface area contributed by atoms with Crippen molar-refractivity contribution in [3.05, 3.63) is 72.3 Å². The van der Waals surface area contributed by atoms with E-state index in [9.17, 15) is 4.39 Å². The molecule has 158 valence electrons. The molecule has 3 N–H and O–H groups in total. The van der Waals surface area contributed by atoms with Gasteiger partial charge in [-0.3, -0.25) is 4.98 Å². The molecule has 7 nitrogen and oxygen atoms in total. The maximum atomic E-state index is 14.3. The monoisotopic (exact) mass is 524 g/mol. The zero-order chi connectivity index (χ0) is 20.6. The molecule has 0 amide bonds. The predicted molar refractivity (Wildman–Crippen MR) is 125 cm³/mol. The maximum absolute atomic E-state index is 14.3. The quantitative estimate of drug-likeness (QED) is 0.267. The van der Waals surface area contributed by atoms with Gasteiger partial charge in [0.05, 0.1) is 27.0 Å². The summed E-state index contributed by atoms with van der Waals surface area (Å²) in [7, 11) is 3.11. The van der Waals surface area contributed by atoms with E-state index >= 15 is 0 Å². The Balaban J connectivity index is 0.00000320. The fraction of sp³-hybridized carbons (Fsp3) is 0.143. The van der Waals surface area contributed by atoms with Crippen molar-refractivity contribution < 1.29 is 18.6 Å². The minimum absolute atomic E-state index is 0. The number of nitrogens with zero attached hydrogens (tertiary/aromatic N) is 2. The number of aliphatic imine (C=N–C) groups is 1. The number of rotatable bonds is 7. The minimum Gasteiger partial charge on any atom is -0.493 e. The van der Waals surface area contributed by atoms with Gasteiger partial charge in [-0.1, -0.05) is 6.07 Å². The highest BCUT2D eigenvalue weighted by molar-refractivity contribution is 14.0. The number of aromatic nitrogens is 1. The summed E-state index contributed by atoms with van der Waals surface area (Å²) in [6.07, 6.45) is 3.13. The molecule has 0 aliphatic heterocycles. The van der Waals surface area contributed by atoms with Crippen LogP contribution in [0.2, 0.25) is 0 Å². The van der Waals surface area contributed by atoms with Crippen LogP contribution in [-0.4, -0.2) is 25.2 Å². The molecular formula is C21H22FIN4O3. The average molecular weight is 524 g/mol. The number of guanidine groups is 1. The lowest BCUT2D eigenvalue weighted by Gasteiger charge is -2.11. The van der Waals surface area contributed by atoms with E-state index in [-0.39, 0.29) is 42.2 Å². The largest absolute Gasteiger partial charge is 0.493 e. The normalized spacial score (nSPS) is 10.7. The second-order valence-electron chi connectivity index (χ2n) is 5.95. The average Bonchev–Trinajstić information content (AvgIpc) is 2.74. The summed E-state index contributed by atoms with van der Waals surface area (Å²) in [4.78, 5) is 8.17. The fourth-order valence-electron chi connectivity index (χ4n) is 2.54. The highest BCUT2D eigenvalue weighted by atomic mass is 127. The molecule has 0 fully saturated rings. The van der Waals surface area contributed by atoms with Gasteiger partial charge >= 0.3 is 0 Å². The third kappa shape index (κ3) is 6.21. The first-order valence-corrected chi connectivity index (χ1v) is 8.74. The van der Waals surface area contributed by atoms with Crippen molar-refractivity contribution in [2.45, 2.75) is 6.54 Å². The standard InChI is InChI=1S/C21H21FN4O3.HI/c1-27-19-8-6-15(11-20(19)28-2)26-21(23)25-12-14-5-7-18(17(22)10-14)29-16-4-3-9-24-13-16;/h3-11,13H,12H2,1-2H3,(H3,23,25,26);1H. The number of halogens is 2. The van der Waals surface area contributed by atoms with Gasteiger partial charge in [0.1, 0.15) is 5.75 Å². The molecule has 30 heavy (non-hydrogen) atoms. The van der Waals surface area contributed by atoms with Crippen LogP contribution in [0.4, 0.5) is 10.1 Å². The molecule has 0 unspecified atom stereocenters. The van der Waals surface area contributed by atoms with Gasteiger partial charge in [0.25, 0.3) is 0 Å². The summed E-state index contributed by atoms with van der Waals surface area (Å²) in [5.74, 6) is 1.44. The Morgan fingerprint density at radius 3 is 2.50 bits per heavy atom.